The van der Waals surface area contributed by atoms with Crippen molar-refractivity contribution in [1.29, 1.82) is 0 Å². The average Bonchev–Trinajstić information content (AvgIpc) is 2.51. The maximum Gasteiger partial charge on any atom is 0.264 e. The van der Waals surface area contributed by atoms with Crippen molar-refractivity contribution < 1.29 is 23.5 Å². The topological polar surface area (TPSA) is 116 Å². The van der Waals surface area contributed by atoms with Crippen LogP contribution in [-0.4, -0.2) is 36.8 Å². The van der Waals surface area contributed by atoms with Crippen LogP contribution in [0.5, 0.6) is 0 Å². The molecular formula is C14H16N2O5S. The number of nitrogens with one attached hydrogen (secondary N) is 2. The van der Waals surface area contributed by atoms with Crippen LogP contribution in [0.1, 0.15) is 6.92 Å². The Bertz CT molecular complexity index is 789. The molecule has 8 heteroatoms. The zero-order chi connectivity index (χ0) is 16.3. The Morgan fingerprint density at radius 1 is 1.14 bits per heavy atom. The number of aliphatic hydroxyl groups is 1. The first kappa shape index (κ1) is 16.4. The molecule has 0 saturated heterocycles. The number of carbonyl (C=O) groups is 1. The number of hydrogen-bond donors (Lipinski definition) is 4. The van der Waals surface area contributed by atoms with Crippen LogP contribution in [0.3, 0.4) is 0 Å². The predicted octanol–water partition coefficient (Wildman–Crippen LogP) is 0.373. The van der Waals surface area contributed by atoms with Gasteiger partial charge in [0.1, 0.15) is 6.04 Å². The Morgan fingerprint density at radius 3 is 2.36 bits per heavy atom. The fraction of sp³-hybridized carbons (Fsp3) is 0.214. The van der Waals surface area contributed by atoms with Crippen LogP contribution in [0.4, 0.5) is 0 Å². The molecule has 1 amide bonds. The molecule has 7 nitrogen and oxygen atoms in total. The van der Waals surface area contributed by atoms with Crippen LogP contribution in [-0.2, 0) is 14.8 Å². The zero-order valence-corrected chi connectivity index (χ0v) is 12.5. The average molecular weight is 324 g/mol. The van der Waals surface area contributed by atoms with Crippen molar-refractivity contribution in [2.24, 2.45) is 0 Å². The van der Waals surface area contributed by atoms with Crippen LogP contribution in [0.25, 0.3) is 10.8 Å². The van der Waals surface area contributed by atoms with E-state index >= 15 is 0 Å². The molecule has 0 aliphatic carbocycles. The summed E-state index contributed by atoms with van der Waals surface area (Å²) in [5.41, 5.74) is 1.32. The van der Waals surface area contributed by atoms with Crippen LogP contribution in [0.2, 0.25) is 0 Å². The predicted molar refractivity (Wildman–Crippen MR) is 79.7 cm³/mol. The highest BCUT2D eigenvalue weighted by Gasteiger charge is 2.29. The molecule has 4 N–H and O–H groups in total. The van der Waals surface area contributed by atoms with Gasteiger partial charge in [-0.2, -0.15) is 4.72 Å². The van der Waals surface area contributed by atoms with Crippen molar-refractivity contribution in [2.45, 2.75) is 24.0 Å². The zero-order valence-electron chi connectivity index (χ0n) is 11.7. The molecule has 0 saturated carbocycles. The van der Waals surface area contributed by atoms with E-state index in [2.05, 4.69) is 4.72 Å². The van der Waals surface area contributed by atoms with E-state index in [1.807, 2.05) is 12.1 Å². The van der Waals surface area contributed by atoms with E-state index in [0.717, 1.165) is 10.8 Å². The van der Waals surface area contributed by atoms with Gasteiger partial charge in [0.15, 0.2) is 0 Å². The first-order chi connectivity index (χ1) is 10.3. The quantitative estimate of drug-likeness (QED) is 0.468. The standard InChI is InChI=1S/C14H16N2O5S/c1-9(17)13(14(18)15-19)16-22(20,21)12-7-6-10-4-2-3-5-11(10)8-12/h2-9,13,16-17,19H,1H3,(H,15,18)/t9-,13+/m1/s1. The van der Waals surface area contributed by atoms with E-state index in [9.17, 15) is 18.3 Å². The van der Waals surface area contributed by atoms with Gasteiger partial charge in [-0.1, -0.05) is 30.3 Å². The number of amides is 1. The summed E-state index contributed by atoms with van der Waals surface area (Å²) >= 11 is 0. The highest BCUT2D eigenvalue weighted by molar-refractivity contribution is 7.89. The monoisotopic (exact) mass is 324 g/mol. The summed E-state index contributed by atoms with van der Waals surface area (Å²) in [6, 6.07) is 10.2. The van der Waals surface area contributed by atoms with E-state index in [0.29, 0.717) is 0 Å². The molecule has 0 aromatic heterocycles. The van der Waals surface area contributed by atoms with Gasteiger partial charge in [0.25, 0.3) is 5.91 Å². The van der Waals surface area contributed by atoms with Crippen molar-refractivity contribution >= 4 is 26.7 Å². The van der Waals surface area contributed by atoms with Gasteiger partial charge < -0.3 is 5.11 Å². The van der Waals surface area contributed by atoms with Gasteiger partial charge in [0.2, 0.25) is 10.0 Å². The third kappa shape index (κ3) is 3.42. The lowest BCUT2D eigenvalue weighted by Gasteiger charge is -2.19. The minimum atomic E-state index is -4.03. The molecule has 2 aromatic carbocycles. The Balaban J connectivity index is 2.37. The third-order valence-electron chi connectivity index (χ3n) is 3.19. The fourth-order valence-corrected chi connectivity index (χ4v) is 3.31. The molecule has 0 aliphatic rings. The lowest BCUT2D eigenvalue weighted by molar-refractivity contribution is -0.133. The lowest BCUT2D eigenvalue weighted by atomic mass is 10.1. The number of fused-ring (bicyclic) bond motifs is 1. The number of aliphatic hydroxyl groups excluding tert-OH is 1. The first-order valence-corrected chi connectivity index (χ1v) is 7.96. The maximum atomic E-state index is 12.3. The summed E-state index contributed by atoms with van der Waals surface area (Å²) in [7, 11) is -4.03. The van der Waals surface area contributed by atoms with Crippen LogP contribution in [0.15, 0.2) is 47.4 Å². The highest BCUT2D eigenvalue weighted by atomic mass is 32.2. The summed E-state index contributed by atoms with van der Waals surface area (Å²) in [5.74, 6) is -1.04. The number of carbonyl (C=O) groups excluding carboxylic acids is 1. The van der Waals surface area contributed by atoms with E-state index in [4.69, 9.17) is 5.21 Å². The summed E-state index contributed by atoms with van der Waals surface area (Å²) in [5, 5.41) is 19.7. The highest BCUT2D eigenvalue weighted by Crippen LogP contribution is 2.19. The maximum absolute atomic E-state index is 12.3. The SMILES string of the molecule is C[C@@H](O)[C@H](NS(=O)(=O)c1ccc2ccccc2c1)C(=O)NO. The largest absolute Gasteiger partial charge is 0.391 e. The second-order valence-corrected chi connectivity index (χ2v) is 6.54. The fourth-order valence-electron chi connectivity index (χ4n) is 2.01. The molecule has 22 heavy (non-hydrogen) atoms. The Kier molecular flexibility index (Phi) is 4.77. The van der Waals surface area contributed by atoms with Crippen molar-refractivity contribution in [3.05, 3.63) is 42.5 Å². The second-order valence-electron chi connectivity index (χ2n) is 4.82. The van der Waals surface area contributed by atoms with Crippen LogP contribution < -0.4 is 10.2 Å². The van der Waals surface area contributed by atoms with Gasteiger partial charge in [-0.15, -0.1) is 0 Å². The van der Waals surface area contributed by atoms with Crippen LogP contribution in [0, 0.1) is 0 Å². The van der Waals surface area contributed by atoms with Crippen molar-refractivity contribution in [2.75, 3.05) is 0 Å². The van der Waals surface area contributed by atoms with E-state index in [-0.39, 0.29) is 4.90 Å². The summed E-state index contributed by atoms with van der Waals surface area (Å²) in [4.78, 5) is 11.4. The molecule has 118 valence electrons. The van der Waals surface area contributed by atoms with Gasteiger partial charge in [-0.05, 0) is 29.8 Å². The Hall–Kier alpha value is -2.00. The molecule has 0 aliphatic heterocycles. The van der Waals surface area contributed by atoms with Crippen molar-refractivity contribution in [3.8, 4) is 0 Å². The number of sulfonamides is 1. The second kappa shape index (κ2) is 6.41. The third-order valence-corrected chi connectivity index (χ3v) is 4.63. The van der Waals surface area contributed by atoms with E-state index in [1.54, 1.807) is 18.2 Å². The van der Waals surface area contributed by atoms with Gasteiger partial charge in [0.05, 0.1) is 11.0 Å². The Labute approximate surface area is 127 Å². The Morgan fingerprint density at radius 2 is 1.77 bits per heavy atom. The van der Waals surface area contributed by atoms with Gasteiger partial charge >= 0.3 is 0 Å². The lowest BCUT2D eigenvalue weighted by Crippen LogP contribution is -2.51. The van der Waals surface area contributed by atoms with Gasteiger partial charge in [-0.25, -0.2) is 13.9 Å². The van der Waals surface area contributed by atoms with E-state index < -0.39 is 28.1 Å². The summed E-state index contributed by atoms with van der Waals surface area (Å²) < 4.78 is 26.7. The normalized spacial score (nSPS) is 14.5. The molecule has 2 atom stereocenters. The number of benzene rings is 2. The smallest absolute Gasteiger partial charge is 0.264 e. The molecule has 2 aromatic rings. The molecule has 0 fully saturated rings. The van der Waals surface area contributed by atoms with Crippen LogP contribution >= 0.6 is 0 Å². The van der Waals surface area contributed by atoms with E-state index in [1.165, 1.54) is 24.5 Å². The first-order valence-electron chi connectivity index (χ1n) is 6.48. The van der Waals surface area contributed by atoms with Crippen molar-refractivity contribution in [3.63, 3.8) is 0 Å². The molecule has 0 unspecified atom stereocenters. The molecule has 0 bridgehead atoms. The minimum absolute atomic E-state index is 0.0393. The molecule has 0 radical (unpaired) electrons. The molecule has 2 rings (SSSR count). The van der Waals surface area contributed by atoms with Gasteiger partial charge in [0, 0.05) is 0 Å². The molecule has 0 spiro atoms. The number of hydrogen-bond acceptors (Lipinski definition) is 5. The molecular weight excluding hydrogens is 308 g/mol. The number of rotatable bonds is 5. The minimum Gasteiger partial charge on any atom is -0.391 e. The molecule has 0 heterocycles. The van der Waals surface area contributed by atoms with Crippen molar-refractivity contribution in [1.82, 2.24) is 10.2 Å². The summed E-state index contributed by atoms with van der Waals surface area (Å²) in [6.07, 6.45) is -1.32. The summed E-state index contributed by atoms with van der Waals surface area (Å²) in [6.45, 7) is 1.24. The van der Waals surface area contributed by atoms with Gasteiger partial charge in [-0.3, -0.25) is 10.0 Å². The number of hydroxylamine groups is 1.